The molecule has 4 N–H and O–H groups in total. The molecule has 0 saturated heterocycles. The number of anilines is 2. The van der Waals surface area contributed by atoms with Crippen LogP contribution in [0.15, 0.2) is 24.3 Å². The van der Waals surface area contributed by atoms with Gasteiger partial charge in [-0.05, 0) is 25.0 Å². The first-order chi connectivity index (χ1) is 8.70. The van der Waals surface area contributed by atoms with E-state index in [-0.39, 0.29) is 0 Å². The van der Waals surface area contributed by atoms with E-state index in [1.165, 1.54) is 0 Å². The number of benzene rings is 1. The maximum atomic E-state index is 9.22. The van der Waals surface area contributed by atoms with Crippen molar-refractivity contribution >= 4 is 11.5 Å². The van der Waals surface area contributed by atoms with E-state index in [4.69, 9.17) is 11.5 Å². The number of hydrogen-bond donors (Lipinski definition) is 2. The normalized spacial score (nSPS) is 14.4. The molecule has 0 spiro atoms. The topological polar surface area (TPSA) is 93.6 Å². The fourth-order valence-corrected chi connectivity index (χ4v) is 2.00. The maximum Gasteiger partial charge on any atom is 0.140 e. The molecule has 1 heterocycles. The van der Waals surface area contributed by atoms with Crippen LogP contribution in [0.3, 0.4) is 0 Å². The van der Waals surface area contributed by atoms with Gasteiger partial charge < -0.3 is 11.5 Å². The summed E-state index contributed by atoms with van der Waals surface area (Å²) in [5.41, 5.74) is 14.3. The second-order valence-corrected chi connectivity index (χ2v) is 4.52. The molecule has 18 heavy (non-hydrogen) atoms. The van der Waals surface area contributed by atoms with Gasteiger partial charge in [0.15, 0.2) is 0 Å². The van der Waals surface area contributed by atoms with Crippen molar-refractivity contribution in [2.45, 2.75) is 18.9 Å². The molecule has 1 fully saturated rings. The van der Waals surface area contributed by atoms with Gasteiger partial charge in [0, 0.05) is 11.3 Å². The summed E-state index contributed by atoms with van der Waals surface area (Å²) in [5, 5.41) is 13.7. The summed E-state index contributed by atoms with van der Waals surface area (Å²) in [5.74, 6) is 0.465. The minimum atomic E-state index is 0.361. The van der Waals surface area contributed by atoms with Crippen LogP contribution in [0.1, 0.15) is 24.4 Å². The largest absolute Gasteiger partial charge is 0.399 e. The minimum Gasteiger partial charge on any atom is -0.399 e. The average Bonchev–Trinajstić information content (AvgIpc) is 3.15. The Morgan fingerprint density at radius 1 is 1.22 bits per heavy atom. The summed E-state index contributed by atoms with van der Waals surface area (Å²) in [6.07, 6.45) is 2.16. The number of nitrogens with two attached hydrogens (primary N) is 2. The Labute approximate surface area is 105 Å². The van der Waals surface area contributed by atoms with Crippen molar-refractivity contribution in [1.29, 1.82) is 5.26 Å². The molecule has 1 aromatic heterocycles. The second kappa shape index (κ2) is 3.77. The zero-order chi connectivity index (χ0) is 12.7. The van der Waals surface area contributed by atoms with E-state index in [1.54, 1.807) is 16.8 Å². The molecular weight excluding hydrogens is 226 g/mol. The van der Waals surface area contributed by atoms with Crippen molar-refractivity contribution in [3.05, 3.63) is 29.8 Å². The van der Waals surface area contributed by atoms with Crippen LogP contribution in [0, 0.1) is 11.3 Å². The van der Waals surface area contributed by atoms with Crippen LogP contribution < -0.4 is 11.5 Å². The van der Waals surface area contributed by atoms with Crippen LogP contribution in [-0.2, 0) is 0 Å². The van der Waals surface area contributed by atoms with Crippen LogP contribution in [0.2, 0.25) is 0 Å². The molecule has 90 valence electrons. The van der Waals surface area contributed by atoms with Gasteiger partial charge in [-0.1, -0.05) is 12.1 Å². The van der Waals surface area contributed by atoms with Crippen LogP contribution in [-0.4, -0.2) is 9.78 Å². The second-order valence-electron chi connectivity index (χ2n) is 4.52. The lowest BCUT2D eigenvalue weighted by Gasteiger charge is -1.99. The Hall–Kier alpha value is -2.48. The van der Waals surface area contributed by atoms with Gasteiger partial charge in [-0.2, -0.15) is 10.4 Å². The summed E-state index contributed by atoms with van der Waals surface area (Å²) in [4.78, 5) is 0. The summed E-state index contributed by atoms with van der Waals surface area (Å²) < 4.78 is 1.77. The van der Waals surface area contributed by atoms with E-state index in [0.29, 0.717) is 28.8 Å². The molecule has 1 aliphatic carbocycles. The van der Waals surface area contributed by atoms with E-state index in [2.05, 4.69) is 11.2 Å². The molecule has 0 atom stereocenters. The lowest BCUT2D eigenvalue weighted by atomic mass is 10.1. The average molecular weight is 239 g/mol. The third-order valence-electron chi connectivity index (χ3n) is 3.14. The van der Waals surface area contributed by atoms with Crippen molar-refractivity contribution in [3.63, 3.8) is 0 Å². The van der Waals surface area contributed by atoms with Crippen molar-refractivity contribution in [1.82, 2.24) is 9.78 Å². The molecule has 0 amide bonds. The third-order valence-corrected chi connectivity index (χ3v) is 3.14. The SMILES string of the molecule is N#Cc1c(-c2ccc(N)cc2)nn(C2CC2)c1N. The van der Waals surface area contributed by atoms with Crippen molar-refractivity contribution in [3.8, 4) is 17.3 Å². The highest BCUT2D eigenvalue weighted by Crippen LogP contribution is 2.39. The van der Waals surface area contributed by atoms with E-state index in [0.717, 1.165) is 18.4 Å². The monoisotopic (exact) mass is 239 g/mol. The lowest BCUT2D eigenvalue weighted by Crippen LogP contribution is -2.02. The number of nitrogen functional groups attached to an aromatic ring is 2. The fraction of sp³-hybridized carbons (Fsp3) is 0.231. The predicted octanol–water partition coefficient (Wildman–Crippen LogP) is 1.92. The lowest BCUT2D eigenvalue weighted by molar-refractivity contribution is 0.654. The molecule has 0 aliphatic heterocycles. The summed E-state index contributed by atoms with van der Waals surface area (Å²) in [6, 6.07) is 9.80. The van der Waals surface area contributed by atoms with Gasteiger partial charge in [0.25, 0.3) is 0 Å². The molecule has 5 nitrogen and oxygen atoms in total. The summed E-state index contributed by atoms with van der Waals surface area (Å²) in [7, 11) is 0. The van der Waals surface area contributed by atoms with Gasteiger partial charge in [0.2, 0.25) is 0 Å². The van der Waals surface area contributed by atoms with Gasteiger partial charge >= 0.3 is 0 Å². The van der Waals surface area contributed by atoms with Crippen LogP contribution in [0.25, 0.3) is 11.3 Å². The quantitative estimate of drug-likeness (QED) is 0.783. The molecular formula is C13H13N5. The number of aromatic nitrogens is 2. The molecule has 3 rings (SSSR count). The Bertz CT molecular complexity index is 629. The Balaban J connectivity index is 2.14. The number of nitrogens with zero attached hydrogens (tertiary/aromatic N) is 3. The van der Waals surface area contributed by atoms with Crippen molar-refractivity contribution in [2.24, 2.45) is 0 Å². The fourth-order valence-electron chi connectivity index (χ4n) is 2.00. The van der Waals surface area contributed by atoms with Crippen molar-refractivity contribution in [2.75, 3.05) is 11.5 Å². The van der Waals surface area contributed by atoms with Crippen LogP contribution in [0.4, 0.5) is 11.5 Å². The molecule has 5 heteroatoms. The number of rotatable bonds is 2. The number of nitriles is 1. The summed E-state index contributed by atoms with van der Waals surface area (Å²) >= 11 is 0. The Morgan fingerprint density at radius 3 is 2.44 bits per heavy atom. The zero-order valence-corrected chi connectivity index (χ0v) is 9.80. The van der Waals surface area contributed by atoms with Crippen LogP contribution in [0.5, 0.6) is 0 Å². The van der Waals surface area contributed by atoms with Gasteiger partial charge in [-0.15, -0.1) is 0 Å². The van der Waals surface area contributed by atoms with Crippen LogP contribution >= 0.6 is 0 Å². The molecule has 2 aromatic rings. The Morgan fingerprint density at radius 2 is 1.89 bits per heavy atom. The van der Waals surface area contributed by atoms with Gasteiger partial charge in [0.05, 0.1) is 6.04 Å². The maximum absolute atomic E-state index is 9.22. The van der Waals surface area contributed by atoms with E-state index in [9.17, 15) is 5.26 Å². The molecule has 0 radical (unpaired) electrons. The number of hydrogen-bond acceptors (Lipinski definition) is 4. The zero-order valence-electron chi connectivity index (χ0n) is 9.80. The minimum absolute atomic E-state index is 0.361. The molecule has 0 bridgehead atoms. The van der Waals surface area contributed by atoms with Gasteiger partial charge in [-0.3, -0.25) is 0 Å². The summed E-state index contributed by atoms with van der Waals surface area (Å²) in [6.45, 7) is 0. The molecule has 1 saturated carbocycles. The first kappa shape index (κ1) is 10.7. The third kappa shape index (κ3) is 1.59. The smallest absolute Gasteiger partial charge is 0.140 e. The molecule has 1 aliphatic rings. The highest BCUT2D eigenvalue weighted by Gasteiger charge is 2.29. The highest BCUT2D eigenvalue weighted by atomic mass is 15.3. The van der Waals surface area contributed by atoms with E-state index >= 15 is 0 Å². The Kier molecular flexibility index (Phi) is 2.23. The van der Waals surface area contributed by atoms with Crippen molar-refractivity contribution < 1.29 is 0 Å². The van der Waals surface area contributed by atoms with Gasteiger partial charge in [-0.25, -0.2) is 4.68 Å². The van der Waals surface area contributed by atoms with E-state index < -0.39 is 0 Å². The highest BCUT2D eigenvalue weighted by molar-refractivity contribution is 5.73. The first-order valence-corrected chi connectivity index (χ1v) is 5.84. The molecule has 0 unspecified atom stereocenters. The molecule has 1 aromatic carbocycles. The standard InChI is InChI=1S/C13H13N5/c14-7-11-12(8-1-3-9(15)4-2-8)17-18(13(11)16)10-5-6-10/h1-4,10H,5-6,15-16H2. The predicted molar refractivity (Wildman–Crippen MR) is 69.5 cm³/mol. The first-order valence-electron chi connectivity index (χ1n) is 5.84. The van der Waals surface area contributed by atoms with Gasteiger partial charge in [0.1, 0.15) is 23.1 Å². The van der Waals surface area contributed by atoms with E-state index in [1.807, 2.05) is 12.1 Å².